The topological polar surface area (TPSA) is 58.9 Å². The summed E-state index contributed by atoms with van der Waals surface area (Å²) in [4.78, 5) is 0. The molecule has 0 radical (unpaired) electrons. The van der Waals surface area contributed by atoms with Crippen LogP contribution in [-0.4, -0.2) is 0 Å². The van der Waals surface area contributed by atoms with Crippen molar-refractivity contribution >= 4 is 22.0 Å². The Morgan fingerprint density at radius 2 is 1.19 bits per heavy atom. The van der Waals surface area contributed by atoms with Gasteiger partial charge in [-0.2, -0.15) is 0 Å². The van der Waals surface area contributed by atoms with Gasteiger partial charge in [-0.15, -0.1) is 0 Å². The molecule has 0 heterocycles. The van der Waals surface area contributed by atoms with Gasteiger partial charge in [0.05, 0.1) is 0 Å². The highest BCUT2D eigenvalue weighted by Crippen LogP contribution is 2.07. The number of nitrogens with zero attached hydrogens (tertiary/aromatic N) is 2. The number of hydrogen-bond donors (Lipinski definition) is 0. The Morgan fingerprint density at radius 3 is 1.44 bits per heavy atom. The van der Waals surface area contributed by atoms with Gasteiger partial charge >= 0.3 is 0 Å². The van der Waals surface area contributed by atoms with Crippen LogP contribution in [0.1, 0.15) is 11.1 Å². The quantitative estimate of drug-likeness (QED) is 0.621. The van der Waals surface area contributed by atoms with Gasteiger partial charge in [0.15, 0.2) is 0 Å². The van der Waals surface area contributed by atoms with Crippen molar-refractivity contribution in [3.63, 3.8) is 0 Å². The molecule has 0 saturated heterocycles. The molecule has 1 rings (SSSR count). The van der Waals surface area contributed by atoms with Gasteiger partial charge in [-0.1, -0.05) is 24.3 Å². The second-order valence-electron chi connectivity index (χ2n) is 2.80. The SMILES string of the molecule is O=[S-](F)=NCc1ccc(CN=[S-](=O)F)cc1. The number of benzene rings is 1. The Bertz CT molecular complexity index is 456. The lowest BCUT2D eigenvalue weighted by atomic mass is 10.1. The third-order valence-corrected chi connectivity index (χ3v) is 2.38. The first-order valence-corrected chi connectivity index (χ1v) is 6.18. The molecule has 16 heavy (non-hydrogen) atoms. The van der Waals surface area contributed by atoms with E-state index in [2.05, 4.69) is 8.73 Å². The highest BCUT2D eigenvalue weighted by Gasteiger charge is 1.91. The molecule has 0 aliphatic heterocycles. The predicted molar refractivity (Wildman–Crippen MR) is 57.0 cm³/mol. The van der Waals surface area contributed by atoms with Gasteiger partial charge < -0.3 is 24.9 Å². The summed E-state index contributed by atoms with van der Waals surface area (Å²) >= 11 is 0. The van der Waals surface area contributed by atoms with Crippen molar-refractivity contribution in [2.75, 3.05) is 0 Å². The molecule has 0 N–H and O–H groups in total. The van der Waals surface area contributed by atoms with Crippen molar-refractivity contribution in [2.24, 2.45) is 8.73 Å². The maximum absolute atomic E-state index is 11.9. The van der Waals surface area contributed by atoms with E-state index in [1.54, 1.807) is 24.3 Å². The van der Waals surface area contributed by atoms with Crippen molar-refractivity contribution in [1.29, 1.82) is 0 Å². The zero-order valence-electron chi connectivity index (χ0n) is 8.01. The van der Waals surface area contributed by atoms with E-state index in [1.807, 2.05) is 0 Å². The molecule has 0 aromatic heterocycles. The average molecular weight is 266 g/mol. The first kappa shape index (κ1) is 13.0. The van der Waals surface area contributed by atoms with E-state index in [0.29, 0.717) is 11.1 Å². The van der Waals surface area contributed by atoms with E-state index in [0.717, 1.165) is 0 Å². The Kier molecular flexibility index (Phi) is 5.33. The van der Waals surface area contributed by atoms with Crippen LogP contribution in [0, 0.1) is 0 Å². The second-order valence-corrected chi connectivity index (χ2v) is 4.15. The molecule has 0 aliphatic carbocycles. The molecule has 90 valence electrons. The fraction of sp³-hybridized carbons (Fsp3) is 0.250. The molecular weight excluding hydrogens is 258 g/mol. The van der Waals surface area contributed by atoms with E-state index in [9.17, 15) is 16.2 Å². The van der Waals surface area contributed by atoms with Crippen LogP contribution in [0.4, 0.5) is 7.77 Å². The molecule has 0 aliphatic rings. The molecule has 1 aromatic carbocycles. The third-order valence-electron chi connectivity index (χ3n) is 1.72. The van der Waals surface area contributed by atoms with Crippen molar-refractivity contribution in [2.45, 2.75) is 13.1 Å². The molecular formula is C8H8F2N2O2S2-2. The van der Waals surface area contributed by atoms with E-state index in [4.69, 9.17) is 0 Å². The van der Waals surface area contributed by atoms with Crippen LogP contribution in [0.2, 0.25) is 0 Å². The van der Waals surface area contributed by atoms with E-state index < -0.39 is 22.0 Å². The summed E-state index contributed by atoms with van der Waals surface area (Å²) in [7, 11) is -5.33. The highest BCUT2D eigenvalue weighted by molar-refractivity contribution is 7.69. The fourth-order valence-electron chi connectivity index (χ4n) is 1.00. The van der Waals surface area contributed by atoms with E-state index in [-0.39, 0.29) is 13.1 Å². The second kappa shape index (κ2) is 6.54. The Morgan fingerprint density at radius 1 is 0.875 bits per heavy atom. The van der Waals surface area contributed by atoms with Gasteiger partial charge in [-0.25, -0.2) is 0 Å². The zero-order valence-corrected chi connectivity index (χ0v) is 9.64. The van der Waals surface area contributed by atoms with Crippen LogP contribution >= 0.6 is 0 Å². The summed E-state index contributed by atoms with van der Waals surface area (Å²) < 4.78 is 50.2. The Balaban J connectivity index is 2.68. The summed E-state index contributed by atoms with van der Waals surface area (Å²) in [6.07, 6.45) is 0. The average Bonchev–Trinajstić information content (AvgIpc) is 2.25. The number of hydrogen-bond acceptors (Lipinski definition) is 6. The zero-order chi connectivity index (χ0) is 12.0. The van der Waals surface area contributed by atoms with Gasteiger partial charge in [0, 0.05) is 13.1 Å². The van der Waals surface area contributed by atoms with E-state index >= 15 is 0 Å². The molecule has 0 saturated carbocycles. The van der Waals surface area contributed by atoms with Crippen LogP contribution in [0.15, 0.2) is 33.0 Å². The molecule has 0 atom stereocenters. The standard InChI is InChI=1S/C8H8F2N2O2S2/c9-15(13)11-5-7-1-2-8(4-3-7)6-12-16(10)14/h1-4H,5-6H2/q-2. The van der Waals surface area contributed by atoms with Gasteiger partial charge in [0.1, 0.15) is 0 Å². The predicted octanol–water partition coefficient (Wildman–Crippen LogP) is 2.75. The fourth-order valence-corrected chi connectivity index (χ4v) is 1.50. The normalized spacial score (nSPS) is 15.1. The van der Waals surface area contributed by atoms with Gasteiger partial charge in [0.2, 0.25) is 0 Å². The first-order chi connectivity index (χ1) is 7.58. The summed E-state index contributed by atoms with van der Waals surface area (Å²) in [6.45, 7) is 0.0190. The van der Waals surface area contributed by atoms with Gasteiger partial charge in [0.25, 0.3) is 0 Å². The van der Waals surface area contributed by atoms with Gasteiger partial charge in [-0.3, -0.25) is 0 Å². The molecule has 1 aromatic rings. The van der Waals surface area contributed by atoms with Gasteiger partial charge in [-0.05, 0) is 33.1 Å². The minimum atomic E-state index is -2.66. The molecule has 8 heteroatoms. The minimum Gasteiger partial charge on any atom is -0.413 e. The first-order valence-electron chi connectivity index (χ1n) is 4.17. The van der Waals surface area contributed by atoms with Crippen molar-refractivity contribution in [3.05, 3.63) is 35.4 Å². The lowest BCUT2D eigenvalue weighted by molar-refractivity contribution is 0.574. The minimum absolute atomic E-state index is 0.00950. The Hall–Kier alpha value is -1.02. The Labute approximate surface area is 95.7 Å². The molecule has 4 nitrogen and oxygen atoms in total. The molecule has 0 fully saturated rings. The van der Waals surface area contributed by atoms with Crippen LogP contribution < -0.4 is 0 Å². The summed E-state index contributed by atoms with van der Waals surface area (Å²) in [6, 6.07) is 6.51. The summed E-state index contributed by atoms with van der Waals surface area (Å²) in [5.41, 5.74) is 1.35. The molecule has 0 spiro atoms. The van der Waals surface area contributed by atoms with Crippen LogP contribution in [0.3, 0.4) is 0 Å². The number of halogens is 2. The third kappa shape index (κ3) is 5.17. The van der Waals surface area contributed by atoms with Crippen LogP contribution in [-0.2, 0) is 43.5 Å². The van der Waals surface area contributed by atoms with Crippen molar-refractivity contribution in [1.82, 2.24) is 0 Å². The van der Waals surface area contributed by atoms with Crippen LogP contribution in [0.25, 0.3) is 0 Å². The largest absolute Gasteiger partial charge is 0.413 e. The number of rotatable bonds is 4. The van der Waals surface area contributed by atoms with Crippen molar-refractivity contribution < 1.29 is 16.2 Å². The lowest BCUT2D eigenvalue weighted by Crippen LogP contribution is -1.85. The summed E-state index contributed by atoms with van der Waals surface area (Å²) in [5, 5.41) is 0. The lowest BCUT2D eigenvalue weighted by Gasteiger charge is -2.02. The van der Waals surface area contributed by atoms with Crippen LogP contribution in [0.5, 0.6) is 0 Å². The molecule has 0 bridgehead atoms. The van der Waals surface area contributed by atoms with E-state index in [1.165, 1.54) is 0 Å². The molecule has 0 amide bonds. The smallest absolute Gasteiger partial charge is 0.0400 e. The van der Waals surface area contributed by atoms with Crippen molar-refractivity contribution in [3.8, 4) is 0 Å². The highest BCUT2D eigenvalue weighted by atomic mass is 32.2. The maximum atomic E-state index is 11.9. The summed E-state index contributed by atoms with van der Waals surface area (Å²) in [5.74, 6) is 0. The monoisotopic (exact) mass is 266 g/mol. The molecule has 0 unspecified atom stereocenters. The maximum Gasteiger partial charge on any atom is 0.0400 e.